The molecule has 3 amide bonds. The van der Waals surface area contributed by atoms with Crippen molar-refractivity contribution in [1.29, 1.82) is 0 Å². The largest absolute Gasteiger partial charge is 0.487 e. The molecule has 1 heterocycles. The Morgan fingerprint density at radius 2 is 1.70 bits per heavy atom. The van der Waals surface area contributed by atoms with Gasteiger partial charge < -0.3 is 20.3 Å². The third kappa shape index (κ3) is 7.65. The Kier molecular flexibility index (Phi) is 9.93. The summed E-state index contributed by atoms with van der Waals surface area (Å²) >= 11 is 0. The number of benzene rings is 3. The molecule has 1 aromatic heterocycles. The van der Waals surface area contributed by atoms with Crippen molar-refractivity contribution < 1.29 is 19.1 Å². The molecule has 0 aliphatic heterocycles. The molecule has 2 N–H and O–H groups in total. The van der Waals surface area contributed by atoms with Crippen LogP contribution in [0.2, 0.25) is 0 Å². The fraction of sp³-hybridized carbons (Fsp3) is 0.257. The molecule has 0 radical (unpaired) electrons. The zero-order chi connectivity index (χ0) is 31.1. The molecule has 3 aromatic carbocycles. The van der Waals surface area contributed by atoms with Crippen LogP contribution >= 0.6 is 0 Å². The molecule has 8 heteroatoms. The lowest BCUT2D eigenvalue weighted by molar-refractivity contribution is -0.122. The number of likely N-dealkylation sites (N-methyl/N-ethyl adjacent to an activating group) is 1. The number of carbonyl (C=O) groups excluding carboxylic acids is 3. The molecule has 0 aliphatic rings. The van der Waals surface area contributed by atoms with Crippen LogP contribution in [0.4, 0.5) is 11.4 Å². The number of amides is 3. The first-order valence-corrected chi connectivity index (χ1v) is 14.3. The number of ether oxygens (including phenoxy) is 1. The maximum atomic E-state index is 13.0. The van der Waals surface area contributed by atoms with Gasteiger partial charge in [-0.2, -0.15) is 0 Å². The molecule has 0 bridgehead atoms. The standard InChI is InChI=1S/C35H38N4O4/c1-7-32(40)38-27-15-12-26(13-16-27)14-18-33(41)36-20-34(42)39(6)30-17-11-22(2)29(25(30)5)21-43-31-10-8-9-28-23(3)19-24(4)37-35(28)31/h8-19H,7,20-21H2,1-6H3,(H,36,41)(H,38,40). The number of aromatic nitrogens is 1. The highest BCUT2D eigenvalue weighted by Crippen LogP contribution is 2.30. The SMILES string of the molecule is CCC(=O)Nc1ccc(C=CC(=O)NCC(=O)N(C)c2ccc(C)c(COc3cccc4c(C)cc(C)nc34)c2C)cc1. The van der Waals surface area contributed by atoms with E-state index in [1.54, 1.807) is 49.2 Å². The first-order valence-electron chi connectivity index (χ1n) is 14.3. The first kappa shape index (κ1) is 31.0. The summed E-state index contributed by atoms with van der Waals surface area (Å²) in [6.45, 7) is 10.0. The second kappa shape index (κ2) is 13.8. The Balaban J connectivity index is 1.38. The molecule has 8 nitrogen and oxygen atoms in total. The van der Waals surface area contributed by atoms with E-state index in [0.29, 0.717) is 24.5 Å². The second-order valence-electron chi connectivity index (χ2n) is 10.6. The molecule has 0 unspecified atom stereocenters. The van der Waals surface area contributed by atoms with E-state index in [-0.39, 0.29) is 24.3 Å². The minimum absolute atomic E-state index is 0.0636. The zero-order valence-electron chi connectivity index (χ0n) is 25.6. The van der Waals surface area contributed by atoms with E-state index in [2.05, 4.69) is 23.6 Å². The van der Waals surface area contributed by atoms with Crippen molar-refractivity contribution in [3.05, 3.63) is 100 Å². The van der Waals surface area contributed by atoms with Gasteiger partial charge in [0.05, 0.1) is 6.54 Å². The number of aryl methyl sites for hydroxylation is 3. The van der Waals surface area contributed by atoms with Gasteiger partial charge in [0.1, 0.15) is 17.9 Å². The maximum Gasteiger partial charge on any atom is 0.246 e. The number of para-hydroxylation sites is 1. The summed E-state index contributed by atoms with van der Waals surface area (Å²) in [6, 6.07) is 19.0. The molecule has 0 saturated carbocycles. The Bertz CT molecular complexity index is 1690. The Labute approximate surface area is 252 Å². The second-order valence-corrected chi connectivity index (χ2v) is 10.6. The third-order valence-electron chi connectivity index (χ3n) is 7.41. The van der Waals surface area contributed by atoms with Crippen LogP contribution in [0, 0.1) is 27.7 Å². The average molecular weight is 579 g/mol. The number of nitrogens with zero attached hydrogens (tertiary/aromatic N) is 2. The van der Waals surface area contributed by atoms with Crippen LogP contribution in [-0.4, -0.2) is 36.3 Å². The summed E-state index contributed by atoms with van der Waals surface area (Å²) in [5.74, 6) is 0.0222. The number of rotatable bonds is 10. The monoisotopic (exact) mass is 578 g/mol. The highest BCUT2D eigenvalue weighted by molar-refractivity contribution is 5.99. The molecule has 0 saturated heterocycles. The molecule has 222 valence electrons. The number of fused-ring (bicyclic) bond motifs is 1. The molecule has 0 spiro atoms. The van der Waals surface area contributed by atoms with Crippen molar-refractivity contribution in [2.24, 2.45) is 0 Å². The number of hydrogen-bond acceptors (Lipinski definition) is 5. The predicted octanol–water partition coefficient (Wildman–Crippen LogP) is 6.19. The fourth-order valence-corrected chi connectivity index (χ4v) is 4.86. The van der Waals surface area contributed by atoms with Gasteiger partial charge in [0.15, 0.2) is 0 Å². The molecule has 4 rings (SSSR count). The minimum Gasteiger partial charge on any atom is -0.487 e. The normalized spacial score (nSPS) is 11.0. The van der Waals surface area contributed by atoms with Crippen LogP contribution in [0.5, 0.6) is 5.75 Å². The van der Waals surface area contributed by atoms with Crippen molar-refractivity contribution in [2.45, 2.75) is 47.6 Å². The van der Waals surface area contributed by atoms with E-state index in [9.17, 15) is 14.4 Å². The van der Waals surface area contributed by atoms with Gasteiger partial charge >= 0.3 is 0 Å². The van der Waals surface area contributed by atoms with E-state index in [4.69, 9.17) is 9.72 Å². The highest BCUT2D eigenvalue weighted by Gasteiger charge is 2.17. The quantitative estimate of drug-likeness (QED) is 0.219. The van der Waals surface area contributed by atoms with Gasteiger partial charge in [-0.3, -0.25) is 14.4 Å². The molecule has 43 heavy (non-hydrogen) atoms. The Hall–Kier alpha value is -4.98. The van der Waals surface area contributed by atoms with Crippen molar-refractivity contribution >= 4 is 46.1 Å². The van der Waals surface area contributed by atoms with E-state index < -0.39 is 0 Å². The van der Waals surface area contributed by atoms with E-state index >= 15 is 0 Å². The Morgan fingerprint density at radius 1 is 0.953 bits per heavy atom. The van der Waals surface area contributed by atoms with Gasteiger partial charge in [0.25, 0.3) is 0 Å². The van der Waals surface area contributed by atoms with Crippen LogP contribution in [-0.2, 0) is 21.0 Å². The highest BCUT2D eigenvalue weighted by atomic mass is 16.5. The van der Waals surface area contributed by atoms with Gasteiger partial charge in [-0.15, -0.1) is 0 Å². The first-order chi connectivity index (χ1) is 20.6. The predicted molar refractivity (Wildman–Crippen MR) is 172 cm³/mol. The smallest absolute Gasteiger partial charge is 0.246 e. The fourth-order valence-electron chi connectivity index (χ4n) is 4.86. The molecule has 0 fully saturated rings. The van der Waals surface area contributed by atoms with Gasteiger partial charge in [-0.05, 0) is 91.9 Å². The molecular weight excluding hydrogens is 540 g/mol. The number of pyridine rings is 1. The van der Waals surface area contributed by atoms with Crippen LogP contribution in [0.1, 0.15) is 46.9 Å². The third-order valence-corrected chi connectivity index (χ3v) is 7.41. The van der Waals surface area contributed by atoms with Gasteiger partial charge in [-0.25, -0.2) is 4.98 Å². The molecular formula is C35H38N4O4. The van der Waals surface area contributed by atoms with Crippen molar-refractivity contribution in [3.8, 4) is 5.75 Å². The summed E-state index contributed by atoms with van der Waals surface area (Å²) < 4.78 is 6.29. The van der Waals surface area contributed by atoms with Crippen LogP contribution in [0.25, 0.3) is 17.0 Å². The van der Waals surface area contributed by atoms with Crippen LogP contribution < -0.4 is 20.3 Å². The summed E-state index contributed by atoms with van der Waals surface area (Å²) in [7, 11) is 1.70. The number of nitrogens with one attached hydrogen (secondary N) is 2. The topological polar surface area (TPSA) is 101 Å². The van der Waals surface area contributed by atoms with E-state index in [0.717, 1.165) is 50.1 Å². The lowest BCUT2D eigenvalue weighted by atomic mass is 10.0. The molecule has 0 atom stereocenters. The van der Waals surface area contributed by atoms with Crippen molar-refractivity contribution in [1.82, 2.24) is 10.3 Å². The van der Waals surface area contributed by atoms with Crippen LogP contribution in [0.3, 0.4) is 0 Å². The summed E-state index contributed by atoms with van der Waals surface area (Å²) in [6.07, 6.45) is 3.43. The van der Waals surface area contributed by atoms with E-state index in [1.807, 2.05) is 51.1 Å². The van der Waals surface area contributed by atoms with Crippen LogP contribution in [0.15, 0.2) is 66.7 Å². The van der Waals surface area contributed by atoms with E-state index in [1.165, 1.54) is 6.08 Å². The summed E-state index contributed by atoms with van der Waals surface area (Å²) in [5.41, 5.74) is 8.14. The average Bonchev–Trinajstić information content (AvgIpc) is 2.99. The molecule has 4 aromatic rings. The lowest BCUT2D eigenvalue weighted by Crippen LogP contribution is -2.38. The number of carbonyl (C=O) groups is 3. The van der Waals surface area contributed by atoms with Crippen molar-refractivity contribution in [2.75, 3.05) is 23.8 Å². The lowest BCUT2D eigenvalue weighted by Gasteiger charge is -2.23. The minimum atomic E-state index is -0.381. The summed E-state index contributed by atoms with van der Waals surface area (Å²) in [5, 5.41) is 6.50. The van der Waals surface area contributed by atoms with Crippen molar-refractivity contribution in [3.63, 3.8) is 0 Å². The zero-order valence-corrected chi connectivity index (χ0v) is 25.6. The summed E-state index contributed by atoms with van der Waals surface area (Å²) in [4.78, 5) is 43.2. The van der Waals surface area contributed by atoms with Gasteiger partial charge in [0, 0.05) is 42.0 Å². The number of hydrogen-bond donors (Lipinski definition) is 2. The van der Waals surface area contributed by atoms with Gasteiger partial charge in [0.2, 0.25) is 17.7 Å². The van der Waals surface area contributed by atoms with Gasteiger partial charge in [-0.1, -0.05) is 37.3 Å². The number of anilines is 2. The Morgan fingerprint density at radius 3 is 2.42 bits per heavy atom. The maximum absolute atomic E-state index is 13.0. The molecule has 0 aliphatic carbocycles.